The van der Waals surface area contributed by atoms with Crippen molar-refractivity contribution in [1.29, 1.82) is 0 Å². The van der Waals surface area contributed by atoms with Gasteiger partial charge in [-0.25, -0.2) is 0 Å². The van der Waals surface area contributed by atoms with Crippen LogP contribution in [0.5, 0.6) is 11.5 Å². The second kappa shape index (κ2) is 10.2. The van der Waals surface area contributed by atoms with Gasteiger partial charge in [0.1, 0.15) is 6.10 Å². The van der Waals surface area contributed by atoms with Gasteiger partial charge in [0.2, 0.25) is 0 Å². The summed E-state index contributed by atoms with van der Waals surface area (Å²) in [5.41, 5.74) is -0.126. The molecule has 0 saturated carbocycles. The highest BCUT2D eigenvalue weighted by Crippen LogP contribution is 2.36. The first-order valence-electron chi connectivity index (χ1n) is 9.45. The van der Waals surface area contributed by atoms with Crippen LogP contribution in [0, 0.1) is 0 Å². The number of alkyl halides is 3. The van der Waals surface area contributed by atoms with Crippen LogP contribution < -0.4 is 9.47 Å². The Labute approximate surface area is 177 Å². The zero-order valence-corrected chi connectivity index (χ0v) is 18.4. The molecule has 1 rings (SSSR count). The number of ether oxygens (including phenoxy) is 4. The fraction of sp³-hybridized carbons (Fsp3) is 0.478. The molecule has 0 bridgehead atoms. The van der Waals surface area contributed by atoms with Crippen LogP contribution in [0.1, 0.15) is 40.2 Å². The largest absolute Gasteiger partial charge is 0.573 e. The van der Waals surface area contributed by atoms with Gasteiger partial charge in [-0.15, -0.1) is 13.2 Å². The molecule has 0 fully saturated rings. The van der Waals surface area contributed by atoms with Crippen molar-refractivity contribution in [3.8, 4) is 11.5 Å². The molecule has 0 aliphatic rings. The Morgan fingerprint density at radius 1 is 1.07 bits per heavy atom. The maximum atomic E-state index is 12.9. The van der Waals surface area contributed by atoms with E-state index in [1.807, 2.05) is 27.7 Å². The Balaban J connectivity index is 3.14. The second-order valence-electron chi connectivity index (χ2n) is 7.71. The predicted octanol–water partition coefficient (Wildman–Crippen LogP) is 6.37. The summed E-state index contributed by atoms with van der Waals surface area (Å²) in [6.07, 6.45) is -0.647. The summed E-state index contributed by atoms with van der Waals surface area (Å²) in [6, 6.07) is 4.32. The van der Waals surface area contributed by atoms with E-state index >= 15 is 0 Å². The number of rotatable bonds is 11. The van der Waals surface area contributed by atoms with Gasteiger partial charge in [-0.2, -0.15) is 0 Å². The fourth-order valence-electron chi connectivity index (χ4n) is 2.39. The summed E-state index contributed by atoms with van der Waals surface area (Å²) in [4.78, 5) is 0. The highest BCUT2D eigenvalue weighted by atomic mass is 19.4. The zero-order valence-electron chi connectivity index (χ0n) is 18.4. The van der Waals surface area contributed by atoms with Crippen molar-refractivity contribution >= 4 is 0 Å². The van der Waals surface area contributed by atoms with Crippen LogP contribution in [0.2, 0.25) is 0 Å². The van der Waals surface area contributed by atoms with Crippen molar-refractivity contribution < 1.29 is 32.1 Å². The molecule has 1 aromatic carbocycles. The molecule has 4 nitrogen and oxygen atoms in total. The average molecular weight is 428 g/mol. The molecule has 168 valence electrons. The maximum absolute atomic E-state index is 12.9. The Kier molecular flexibility index (Phi) is 8.75. The lowest BCUT2D eigenvalue weighted by Gasteiger charge is -2.40. The molecule has 0 aliphatic heterocycles. The molecule has 0 radical (unpaired) electrons. The molecule has 30 heavy (non-hydrogen) atoms. The average Bonchev–Trinajstić information content (AvgIpc) is 2.64. The molecule has 0 N–H and O–H groups in total. The van der Waals surface area contributed by atoms with Gasteiger partial charge in [0.25, 0.3) is 0 Å². The summed E-state index contributed by atoms with van der Waals surface area (Å²) in [5, 5.41) is 0. The Morgan fingerprint density at radius 3 is 2.20 bits per heavy atom. The van der Waals surface area contributed by atoms with Crippen molar-refractivity contribution in [1.82, 2.24) is 0 Å². The lowest BCUT2D eigenvalue weighted by atomic mass is 9.89. The molecule has 0 amide bonds. The van der Waals surface area contributed by atoms with Crippen molar-refractivity contribution in [2.45, 2.75) is 64.9 Å². The third-order valence-corrected chi connectivity index (χ3v) is 5.11. The number of allylic oxidation sites excluding steroid dienone is 2. The summed E-state index contributed by atoms with van der Waals surface area (Å²) in [7, 11) is 1.58. The van der Waals surface area contributed by atoms with Gasteiger partial charge in [0.15, 0.2) is 11.5 Å². The molecule has 0 aromatic heterocycles. The third kappa shape index (κ3) is 7.22. The molecule has 0 heterocycles. The summed E-state index contributed by atoms with van der Waals surface area (Å²) in [5.74, 6) is -0.488. The van der Waals surface area contributed by atoms with Crippen LogP contribution in [0.15, 0.2) is 55.2 Å². The van der Waals surface area contributed by atoms with E-state index in [2.05, 4.69) is 17.9 Å². The maximum Gasteiger partial charge on any atom is 0.573 e. The van der Waals surface area contributed by atoms with Crippen LogP contribution in [0.4, 0.5) is 13.2 Å². The van der Waals surface area contributed by atoms with Crippen molar-refractivity contribution in [3.63, 3.8) is 0 Å². The minimum atomic E-state index is -4.86. The first-order valence-corrected chi connectivity index (χ1v) is 9.45. The lowest BCUT2D eigenvalue weighted by Crippen LogP contribution is -2.48. The van der Waals surface area contributed by atoms with E-state index < -0.39 is 29.4 Å². The highest BCUT2D eigenvalue weighted by molar-refractivity contribution is 5.44. The SMILES string of the molecule is C=C/C=C(\C=C)C(C)Oc1ccc(COC(C)(C)C(C)(C)OC)cc1OC(F)(F)F. The molecular formula is C23H31F3O4. The van der Waals surface area contributed by atoms with Gasteiger partial charge >= 0.3 is 6.36 Å². The van der Waals surface area contributed by atoms with Gasteiger partial charge in [0, 0.05) is 7.11 Å². The van der Waals surface area contributed by atoms with Crippen molar-refractivity contribution in [2.24, 2.45) is 0 Å². The minimum Gasteiger partial charge on any atom is -0.482 e. The van der Waals surface area contributed by atoms with Crippen LogP contribution in [0.25, 0.3) is 0 Å². The number of methoxy groups -OCH3 is 1. The van der Waals surface area contributed by atoms with E-state index in [0.29, 0.717) is 11.1 Å². The van der Waals surface area contributed by atoms with E-state index in [0.717, 1.165) is 0 Å². The smallest absolute Gasteiger partial charge is 0.482 e. The molecule has 0 saturated heterocycles. The van der Waals surface area contributed by atoms with Crippen molar-refractivity contribution in [3.05, 3.63) is 60.7 Å². The quantitative estimate of drug-likeness (QED) is 0.384. The zero-order chi connectivity index (χ0) is 23.2. The van der Waals surface area contributed by atoms with Gasteiger partial charge in [-0.05, 0) is 57.9 Å². The Hall–Kier alpha value is -2.25. The van der Waals surface area contributed by atoms with Crippen LogP contribution in [0.3, 0.4) is 0 Å². The van der Waals surface area contributed by atoms with E-state index in [9.17, 15) is 13.2 Å². The van der Waals surface area contributed by atoms with E-state index in [1.54, 1.807) is 38.3 Å². The van der Waals surface area contributed by atoms with Gasteiger partial charge in [-0.3, -0.25) is 0 Å². The number of hydrogen-bond acceptors (Lipinski definition) is 4. The Morgan fingerprint density at radius 2 is 1.70 bits per heavy atom. The molecular weight excluding hydrogens is 397 g/mol. The van der Waals surface area contributed by atoms with Crippen LogP contribution in [-0.2, 0) is 16.1 Å². The first-order chi connectivity index (χ1) is 13.8. The first kappa shape index (κ1) is 25.8. The third-order valence-electron chi connectivity index (χ3n) is 5.11. The van der Waals surface area contributed by atoms with E-state index in [4.69, 9.17) is 14.2 Å². The minimum absolute atomic E-state index is 0.0446. The molecule has 1 aromatic rings. The second-order valence-corrected chi connectivity index (χ2v) is 7.71. The summed E-state index contributed by atoms with van der Waals surface area (Å²) >= 11 is 0. The molecule has 0 aliphatic carbocycles. The normalized spacial score (nSPS) is 14.2. The lowest BCUT2D eigenvalue weighted by molar-refractivity contribution is -0.275. The predicted molar refractivity (Wildman–Crippen MR) is 112 cm³/mol. The van der Waals surface area contributed by atoms with Crippen molar-refractivity contribution in [2.75, 3.05) is 7.11 Å². The van der Waals surface area contributed by atoms with E-state index in [1.165, 1.54) is 12.1 Å². The Bertz CT molecular complexity index is 764. The summed E-state index contributed by atoms with van der Waals surface area (Å²) < 4.78 is 60.1. The highest BCUT2D eigenvalue weighted by Gasteiger charge is 2.38. The number of halogens is 3. The van der Waals surface area contributed by atoms with Crippen LogP contribution >= 0.6 is 0 Å². The number of benzene rings is 1. The topological polar surface area (TPSA) is 36.9 Å². The molecule has 1 atom stereocenters. The molecule has 0 spiro atoms. The van der Waals surface area contributed by atoms with Gasteiger partial charge < -0.3 is 18.9 Å². The van der Waals surface area contributed by atoms with Crippen LogP contribution in [-0.4, -0.2) is 30.8 Å². The number of hydrogen-bond donors (Lipinski definition) is 0. The molecule has 1 unspecified atom stereocenters. The molecule has 7 heteroatoms. The standard InChI is InChI=1S/C23H31F3O4/c1-9-11-18(10-2)16(3)29-19-13-12-17(14-20(19)30-23(24,25)26)15-28-22(6,7)21(4,5)27-8/h9-14,16H,1-2,15H2,3-8H3/b18-11+. The van der Waals surface area contributed by atoms with Gasteiger partial charge in [0.05, 0.1) is 17.8 Å². The monoisotopic (exact) mass is 428 g/mol. The summed E-state index contributed by atoms with van der Waals surface area (Å²) in [6.45, 7) is 16.5. The van der Waals surface area contributed by atoms with E-state index in [-0.39, 0.29) is 12.4 Å². The van der Waals surface area contributed by atoms with Gasteiger partial charge in [-0.1, -0.05) is 37.5 Å². The fourth-order valence-corrected chi connectivity index (χ4v) is 2.39.